The Hall–Kier alpha value is -3.05. The van der Waals surface area contributed by atoms with Crippen LogP contribution in [0.2, 0.25) is 0 Å². The van der Waals surface area contributed by atoms with Gasteiger partial charge in [0.05, 0.1) is 12.6 Å². The van der Waals surface area contributed by atoms with Crippen molar-refractivity contribution in [2.45, 2.75) is 45.7 Å². The molecule has 1 atom stereocenters. The molecule has 3 aromatic rings. The summed E-state index contributed by atoms with van der Waals surface area (Å²) in [6.07, 6.45) is 2.54. The average molecular weight is 423 g/mol. The van der Waals surface area contributed by atoms with Crippen LogP contribution >= 0.6 is 11.6 Å². The van der Waals surface area contributed by atoms with E-state index in [9.17, 15) is 5.26 Å². The lowest BCUT2D eigenvalue weighted by atomic mass is 9.95. The summed E-state index contributed by atoms with van der Waals surface area (Å²) in [7, 11) is 0. The molecule has 1 aliphatic heterocycles. The molecule has 0 saturated heterocycles. The number of fused-ring (bicyclic) bond motifs is 1. The van der Waals surface area contributed by atoms with E-state index in [1.165, 1.54) is 0 Å². The molecular formula is C21H23ClN8. The fraction of sp³-hybridized carbons (Fsp3) is 0.429. The zero-order valence-corrected chi connectivity index (χ0v) is 18.0. The molecule has 154 valence electrons. The lowest BCUT2D eigenvalue weighted by Crippen LogP contribution is -2.41. The molecule has 30 heavy (non-hydrogen) atoms. The van der Waals surface area contributed by atoms with Crippen molar-refractivity contribution in [1.82, 2.24) is 30.2 Å². The zero-order valence-electron chi connectivity index (χ0n) is 17.2. The maximum absolute atomic E-state index is 9.20. The second-order valence-electron chi connectivity index (χ2n) is 8.70. The Morgan fingerprint density at radius 3 is 2.67 bits per heavy atom. The number of rotatable bonds is 5. The Balaban J connectivity index is 1.57. The van der Waals surface area contributed by atoms with Gasteiger partial charge in [0.25, 0.3) is 0 Å². The molecular weight excluding hydrogens is 400 g/mol. The standard InChI is InChI=1S/C21H23ClN8/c1-21(2,3)13-29-17(8-16-11-24-18(10-23)25-20(16)29)12-30-27-19(26-28-30)15-6-4-14(9-22)5-7-15/h4-7,11,17H,8-9,12-13H2,1-3H3. The van der Waals surface area contributed by atoms with Gasteiger partial charge in [0.1, 0.15) is 11.9 Å². The van der Waals surface area contributed by atoms with Gasteiger partial charge in [0.2, 0.25) is 11.6 Å². The number of anilines is 1. The monoisotopic (exact) mass is 422 g/mol. The van der Waals surface area contributed by atoms with E-state index in [1.807, 2.05) is 30.3 Å². The fourth-order valence-corrected chi connectivity index (χ4v) is 3.81. The van der Waals surface area contributed by atoms with E-state index in [2.05, 4.69) is 51.0 Å². The summed E-state index contributed by atoms with van der Waals surface area (Å²) in [6, 6.07) is 9.99. The Kier molecular flexibility index (Phi) is 5.39. The molecule has 9 heteroatoms. The third-order valence-corrected chi connectivity index (χ3v) is 5.26. The van der Waals surface area contributed by atoms with Gasteiger partial charge in [0.15, 0.2) is 0 Å². The highest BCUT2D eigenvalue weighted by atomic mass is 35.5. The molecule has 0 N–H and O–H groups in total. The van der Waals surface area contributed by atoms with Gasteiger partial charge in [-0.05, 0) is 22.6 Å². The van der Waals surface area contributed by atoms with E-state index in [-0.39, 0.29) is 17.3 Å². The average Bonchev–Trinajstić information content (AvgIpc) is 3.32. The molecule has 0 saturated carbocycles. The van der Waals surface area contributed by atoms with Crippen LogP contribution < -0.4 is 4.90 Å². The fourth-order valence-electron chi connectivity index (χ4n) is 3.63. The van der Waals surface area contributed by atoms with E-state index in [0.717, 1.165) is 35.5 Å². The quantitative estimate of drug-likeness (QED) is 0.582. The van der Waals surface area contributed by atoms with Gasteiger partial charge < -0.3 is 4.90 Å². The van der Waals surface area contributed by atoms with Crippen LogP contribution in [0.5, 0.6) is 0 Å². The Morgan fingerprint density at radius 1 is 1.23 bits per heavy atom. The summed E-state index contributed by atoms with van der Waals surface area (Å²) in [4.78, 5) is 12.5. The summed E-state index contributed by atoms with van der Waals surface area (Å²) in [5.41, 5.74) is 3.05. The van der Waals surface area contributed by atoms with Crippen LogP contribution in [0.4, 0.5) is 5.82 Å². The van der Waals surface area contributed by atoms with E-state index in [4.69, 9.17) is 11.6 Å². The number of alkyl halides is 1. The minimum absolute atomic E-state index is 0.0583. The SMILES string of the molecule is CC(C)(C)CN1c2nc(C#N)ncc2CC1Cn1nnc(-c2ccc(CCl)cc2)n1. The molecule has 0 aliphatic carbocycles. The molecule has 0 fully saturated rings. The highest BCUT2D eigenvalue weighted by Crippen LogP contribution is 2.33. The number of benzene rings is 1. The molecule has 0 spiro atoms. The van der Waals surface area contributed by atoms with Crippen LogP contribution in [0.25, 0.3) is 11.4 Å². The lowest BCUT2D eigenvalue weighted by Gasteiger charge is -2.32. The molecule has 0 amide bonds. The number of hydrogen-bond acceptors (Lipinski definition) is 7. The van der Waals surface area contributed by atoms with Crippen molar-refractivity contribution < 1.29 is 0 Å². The number of nitriles is 1. The van der Waals surface area contributed by atoms with Gasteiger partial charge >= 0.3 is 0 Å². The van der Waals surface area contributed by atoms with Crippen molar-refractivity contribution in [3.63, 3.8) is 0 Å². The summed E-state index contributed by atoms with van der Waals surface area (Å²) in [5, 5.41) is 22.3. The predicted octanol–water partition coefficient (Wildman–Crippen LogP) is 3.22. The number of aromatic nitrogens is 6. The van der Waals surface area contributed by atoms with Crippen LogP contribution in [0, 0.1) is 16.7 Å². The normalized spacial score (nSPS) is 15.8. The molecule has 0 radical (unpaired) electrons. The minimum atomic E-state index is 0.0583. The highest BCUT2D eigenvalue weighted by Gasteiger charge is 2.34. The van der Waals surface area contributed by atoms with Crippen molar-refractivity contribution in [1.29, 1.82) is 5.26 Å². The third kappa shape index (κ3) is 4.26. The van der Waals surface area contributed by atoms with Crippen LogP contribution in [-0.2, 0) is 18.8 Å². The van der Waals surface area contributed by atoms with E-state index in [1.54, 1.807) is 11.0 Å². The van der Waals surface area contributed by atoms with Crippen LogP contribution in [0.1, 0.15) is 37.7 Å². The van der Waals surface area contributed by atoms with Crippen molar-refractivity contribution in [3.05, 3.63) is 47.4 Å². The molecule has 3 heterocycles. The van der Waals surface area contributed by atoms with E-state index in [0.29, 0.717) is 18.2 Å². The second-order valence-corrected chi connectivity index (χ2v) is 8.97. The van der Waals surface area contributed by atoms with Crippen molar-refractivity contribution in [2.24, 2.45) is 5.41 Å². The topological polar surface area (TPSA) is 96.4 Å². The lowest BCUT2D eigenvalue weighted by molar-refractivity contribution is 0.367. The first kappa shape index (κ1) is 20.2. The van der Waals surface area contributed by atoms with Crippen LogP contribution in [0.15, 0.2) is 30.5 Å². The summed E-state index contributed by atoms with van der Waals surface area (Å²) in [5.74, 6) is 2.08. The smallest absolute Gasteiger partial charge is 0.234 e. The van der Waals surface area contributed by atoms with Gasteiger partial charge in [0, 0.05) is 29.7 Å². The molecule has 0 bridgehead atoms. The molecule has 2 aromatic heterocycles. The maximum atomic E-state index is 9.20. The third-order valence-electron chi connectivity index (χ3n) is 4.95. The summed E-state index contributed by atoms with van der Waals surface area (Å²) < 4.78 is 0. The van der Waals surface area contributed by atoms with Crippen molar-refractivity contribution in [2.75, 3.05) is 11.4 Å². The number of halogens is 1. The Morgan fingerprint density at radius 2 is 2.00 bits per heavy atom. The number of tetrazole rings is 1. The van der Waals surface area contributed by atoms with Gasteiger partial charge in [-0.3, -0.25) is 0 Å². The molecule has 1 aromatic carbocycles. The van der Waals surface area contributed by atoms with Gasteiger partial charge in [-0.25, -0.2) is 9.97 Å². The number of nitrogens with zero attached hydrogens (tertiary/aromatic N) is 8. The second kappa shape index (κ2) is 8.00. The van der Waals surface area contributed by atoms with E-state index >= 15 is 0 Å². The van der Waals surface area contributed by atoms with Crippen molar-refractivity contribution in [3.8, 4) is 17.5 Å². The Bertz CT molecular complexity index is 1080. The van der Waals surface area contributed by atoms with Gasteiger partial charge in [-0.15, -0.1) is 21.8 Å². The van der Waals surface area contributed by atoms with Crippen LogP contribution in [0.3, 0.4) is 0 Å². The highest BCUT2D eigenvalue weighted by molar-refractivity contribution is 6.17. The van der Waals surface area contributed by atoms with Crippen LogP contribution in [-0.4, -0.2) is 42.8 Å². The Labute approximate surface area is 180 Å². The zero-order chi connectivity index (χ0) is 21.3. The minimum Gasteiger partial charge on any atom is -0.350 e. The predicted molar refractivity (Wildman–Crippen MR) is 114 cm³/mol. The molecule has 1 aliphatic rings. The largest absolute Gasteiger partial charge is 0.350 e. The molecule has 8 nitrogen and oxygen atoms in total. The first-order valence-electron chi connectivity index (χ1n) is 9.82. The first-order valence-corrected chi connectivity index (χ1v) is 10.4. The first-order chi connectivity index (χ1) is 14.4. The van der Waals surface area contributed by atoms with Gasteiger partial charge in [-0.2, -0.15) is 10.1 Å². The summed E-state index contributed by atoms with van der Waals surface area (Å²) in [6.45, 7) is 7.93. The molecule has 4 rings (SSSR count). The summed E-state index contributed by atoms with van der Waals surface area (Å²) >= 11 is 5.86. The van der Waals surface area contributed by atoms with E-state index < -0.39 is 0 Å². The number of hydrogen-bond donors (Lipinski definition) is 0. The van der Waals surface area contributed by atoms with Crippen molar-refractivity contribution >= 4 is 17.4 Å². The molecule has 1 unspecified atom stereocenters. The maximum Gasteiger partial charge on any atom is 0.234 e. The van der Waals surface area contributed by atoms with Gasteiger partial charge in [-0.1, -0.05) is 45.0 Å².